The van der Waals surface area contributed by atoms with E-state index in [4.69, 9.17) is 5.11 Å². The summed E-state index contributed by atoms with van der Waals surface area (Å²) in [6.45, 7) is 2.78. The second-order valence-electron chi connectivity index (χ2n) is 8.96. The minimum Gasteiger partial charge on any atom is -0.465 e. The molecule has 4 N–H and O–H groups in total. The van der Waals surface area contributed by atoms with Gasteiger partial charge in [0, 0.05) is 37.9 Å². The van der Waals surface area contributed by atoms with E-state index >= 15 is 0 Å². The van der Waals surface area contributed by atoms with Gasteiger partial charge in [-0.05, 0) is 55.7 Å². The Labute approximate surface area is 186 Å². The molecule has 0 atom stereocenters. The Morgan fingerprint density at radius 1 is 0.935 bits per heavy atom. The number of nitrogens with one attached hydrogen (secondary N) is 3. The zero-order valence-electron chi connectivity index (χ0n) is 18.6. The second-order valence-corrected chi connectivity index (χ2v) is 8.96. The van der Waals surface area contributed by atoms with Crippen LogP contribution in [-0.2, 0) is 6.42 Å². The van der Waals surface area contributed by atoms with E-state index in [1.54, 1.807) is 0 Å². The fourth-order valence-electron chi connectivity index (χ4n) is 4.72. The lowest BCUT2D eigenvalue weighted by atomic mass is 9.86. The molecule has 3 amide bonds. The topological polar surface area (TPSA) is 93.7 Å². The third kappa shape index (κ3) is 8.31. The lowest BCUT2D eigenvalue weighted by Crippen LogP contribution is -2.47. The first-order chi connectivity index (χ1) is 15.1. The average Bonchev–Trinajstić information content (AvgIpc) is 2.79. The van der Waals surface area contributed by atoms with E-state index in [1.807, 2.05) is 29.2 Å². The van der Waals surface area contributed by atoms with Gasteiger partial charge in [0.05, 0.1) is 0 Å². The molecule has 0 radical (unpaired) electrons. The van der Waals surface area contributed by atoms with Crippen LogP contribution in [0.4, 0.5) is 15.3 Å². The normalized spacial score (nSPS) is 17.9. The molecule has 1 saturated carbocycles. The Morgan fingerprint density at radius 2 is 1.65 bits per heavy atom. The molecule has 1 aliphatic carbocycles. The predicted molar refractivity (Wildman–Crippen MR) is 124 cm³/mol. The molecule has 0 unspecified atom stereocenters. The second kappa shape index (κ2) is 12.4. The van der Waals surface area contributed by atoms with Gasteiger partial charge >= 0.3 is 12.1 Å². The molecule has 0 aromatic heterocycles. The van der Waals surface area contributed by atoms with Crippen molar-refractivity contribution in [3.05, 3.63) is 29.8 Å². The molecule has 2 aliphatic rings. The zero-order chi connectivity index (χ0) is 21.9. The molecule has 1 saturated heterocycles. The van der Waals surface area contributed by atoms with Crippen molar-refractivity contribution in [1.29, 1.82) is 0 Å². The fourth-order valence-corrected chi connectivity index (χ4v) is 4.72. The van der Waals surface area contributed by atoms with Crippen molar-refractivity contribution in [3.8, 4) is 0 Å². The Kier molecular flexibility index (Phi) is 9.31. The van der Waals surface area contributed by atoms with E-state index in [-0.39, 0.29) is 6.03 Å². The monoisotopic (exact) mass is 430 g/mol. The van der Waals surface area contributed by atoms with Crippen LogP contribution in [0.2, 0.25) is 0 Å². The van der Waals surface area contributed by atoms with Gasteiger partial charge in [0.15, 0.2) is 0 Å². The maximum atomic E-state index is 12.4. The highest BCUT2D eigenvalue weighted by Gasteiger charge is 2.22. The van der Waals surface area contributed by atoms with Crippen LogP contribution in [0.15, 0.2) is 24.3 Å². The Balaban J connectivity index is 1.29. The van der Waals surface area contributed by atoms with Crippen molar-refractivity contribution in [2.75, 3.05) is 31.5 Å². The molecule has 2 fully saturated rings. The van der Waals surface area contributed by atoms with Gasteiger partial charge in [0.25, 0.3) is 0 Å². The molecular weight excluding hydrogens is 392 g/mol. The Bertz CT molecular complexity index is 681. The minimum absolute atomic E-state index is 0.0846. The maximum absolute atomic E-state index is 12.4. The van der Waals surface area contributed by atoms with Crippen LogP contribution in [0.5, 0.6) is 0 Å². The van der Waals surface area contributed by atoms with Crippen molar-refractivity contribution in [2.24, 2.45) is 5.92 Å². The molecule has 3 rings (SSSR count). The van der Waals surface area contributed by atoms with Gasteiger partial charge in [0.2, 0.25) is 0 Å². The first kappa shape index (κ1) is 23.2. The summed E-state index contributed by atoms with van der Waals surface area (Å²) in [4.78, 5) is 24.9. The first-order valence-corrected chi connectivity index (χ1v) is 11.9. The number of piperidine rings is 1. The Hall–Kier alpha value is -2.44. The van der Waals surface area contributed by atoms with E-state index in [1.165, 1.54) is 38.5 Å². The van der Waals surface area contributed by atoms with E-state index < -0.39 is 6.09 Å². The number of anilines is 1. The van der Waals surface area contributed by atoms with Crippen LogP contribution in [0.25, 0.3) is 0 Å². The molecule has 1 aliphatic heterocycles. The highest BCUT2D eigenvalue weighted by atomic mass is 16.4. The maximum Gasteiger partial charge on any atom is 0.404 e. The molecule has 172 valence electrons. The summed E-state index contributed by atoms with van der Waals surface area (Å²) in [5.74, 6) is 0.878. The minimum atomic E-state index is -0.988. The van der Waals surface area contributed by atoms with E-state index in [0.717, 1.165) is 56.1 Å². The van der Waals surface area contributed by atoms with Crippen LogP contribution < -0.4 is 16.0 Å². The number of hydrogen-bond donors (Lipinski definition) is 4. The van der Waals surface area contributed by atoms with Crippen LogP contribution in [0, 0.1) is 5.92 Å². The summed E-state index contributed by atoms with van der Waals surface area (Å²) in [5, 5.41) is 17.7. The molecular formula is C24H38N4O3. The summed E-state index contributed by atoms with van der Waals surface area (Å²) in [7, 11) is 0. The number of carbonyl (C=O) groups is 2. The molecule has 31 heavy (non-hydrogen) atoms. The number of nitrogens with zero attached hydrogens (tertiary/aromatic N) is 1. The summed E-state index contributed by atoms with van der Waals surface area (Å²) >= 11 is 0. The highest BCUT2D eigenvalue weighted by Crippen LogP contribution is 2.27. The summed E-state index contributed by atoms with van der Waals surface area (Å²) in [6, 6.07) is 8.60. The number of amides is 3. The number of carbonyl (C=O) groups excluding carboxylic acids is 1. The third-order valence-electron chi connectivity index (χ3n) is 6.59. The molecule has 1 heterocycles. The molecule has 1 aromatic carbocycles. The highest BCUT2D eigenvalue weighted by molar-refractivity contribution is 5.74. The fraction of sp³-hybridized carbons (Fsp3) is 0.667. The predicted octanol–water partition coefficient (Wildman–Crippen LogP) is 4.44. The van der Waals surface area contributed by atoms with Crippen LogP contribution in [0.1, 0.15) is 63.4 Å². The van der Waals surface area contributed by atoms with Crippen molar-refractivity contribution >= 4 is 17.8 Å². The van der Waals surface area contributed by atoms with Crippen LogP contribution in [0.3, 0.4) is 0 Å². The van der Waals surface area contributed by atoms with Crippen molar-refractivity contribution in [2.45, 2.75) is 70.3 Å². The van der Waals surface area contributed by atoms with E-state index in [0.29, 0.717) is 19.0 Å². The van der Waals surface area contributed by atoms with Crippen molar-refractivity contribution in [3.63, 3.8) is 0 Å². The molecule has 7 nitrogen and oxygen atoms in total. The number of urea groups is 1. The van der Waals surface area contributed by atoms with Gasteiger partial charge in [-0.1, -0.05) is 44.2 Å². The van der Waals surface area contributed by atoms with Crippen LogP contribution >= 0.6 is 0 Å². The number of rotatable bonds is 9. The van der Waals surface area contributed by atoms with Crippen molar-refractivity contribution < 1.29 is 14.7 Å². The van der Waals surface area contributed by atoms with Gasteiger partial charge in [-0.2, -0.15) is 0 Å². The average molecular weight is 431 g/mol. The zero-order valence-corrected chi connectivity index (χ0v) is 18.6. The smallest absolute Gasteiger partial charge is 0.404 e. The van der Waals surface area contributed by atoms with Gasteiger partial charge in [-0.3, -0.25) is 0 Å². The third-order valence-corrected chi connectivity index (χ3v) is 6.59. The number of benzene rings is 1. The number of carboxylic acid groups (broad SMARTS) is 1. The molecule has 1 aromatic rings. The van der Waals surface area contributed by atoms with Gasteiger partial charge in [0.1, 0.15) is 0 Å². The SMILES string of the molecule is O=C(O)NCCc1ccc(NC2CCN(C(=O)NCCCC3CCCCC3)CC2)cc1. The van der Waals surface area contributed by atoms with E-state index in [2.05, 4.69) is 16.0 Å². The van der Waals surface area contributed by atoms with Crippen molar-refractivity contribution in [1.82, 2.24) is 15.5 Å². The number of hydrogen-bond acceptors (Lipinski definition) is 3. The van der Waals surface area contributed by atoms with Crippen LogP contribution in [-0.4, -0.2) is 54.4 Å². The molecule has 7 heteroatoms. The van der Waals surface area contributed by atoms with Gasteiger partial charge in [-0.25, -0.2) is 9.59 Å². The largest absolute Gasteiger partial charge is 0.465 e. The van der Waals surface area contributed by atoms with Gasteiger partial charge < -0.3 is 26.0 Å². The molecule has 0 spiro atoms. The first-order valence-electron chi connectivity index (χ1n) is 11.9. The lowest BCUT2D eigenvalue weighted by Gasteiger charge is -2.33. The van der Waals surface area contributed by atoms with Gasteiger partial charge in [-0.15, -0.1) is 0 Å². The standard InChI is InChI=1S/C24H38N4O3/c29-23(25-15-4-7-19-5-2-1-3-6-19)28-17-13-22(14-18-28)27-21-10-8-20(9-11-21)12-16-26-24(30)31/h8-11,19,22,26-27H,1-7,12-18H2,(H,25,29)(H,30,31). The van der Waals surface area contributed by atoms with E-state index in [9.17, 15) is 9.59 Å². The quantitative estimate of drug-likeness (QED) is 0.436. The summed E-state index contributed by atoms with van der Waals surface area (Å²) < 4.78 is 0. The lowest BCUT2D eigenvalue weighted by molar-refractivity contribution is 0.183. The summed E-state index contributed by atoms with van der Waals surface area (Å²) in [6.07, 6.45) is 10.8. The molecule has 0 bridgehead atoms. The summed E-state index contributed by atoms with van der Waals surface area (Å²) in [5.41, 5.74) is 2.18. The number of likely N-dealkylation sites (tertiary alicyclic amines) is 1. The Morgan fingerprint density at radius 3 is 2.32 bits per heavy atom.